The fourth-order valence-electron chi connectivity index (χ4n) is 3.13. The number of nitrogens with zero attached hydrogens (tertiary/aromatic N) is 2. The molecule has 6 heteroatoms. The third kappa shape index (κ3) is 3.16. The van der Waals surface area contributed by atoms with Gasteiger partial charge in [0.1, 0.15) is 0 Å². The van der Waals surface area contributed by atoms with E-state index in [1.165, 1.54) is 4.90 Å². The van der Waals surface area contributed by atoms with Gasteiger partial charge in [0.2, 0.25) is 0 Å². The van der Waals surface area contributed by atoms with Crippen LogP contribution in [0, 0.1) is 0 Å². The van der Waals surface area contributed by atoms with E-state index in [1.807, 2.05) is 7.05 Å². The lowest BCUT2D eigenvalue weighted by atomic mass is 10.1. The van der Waals surface area contributed by atoms with Crippen LogP contribution in [-0.2, 0) is 0 Å². The number of likely N-dealkylation sites (tertiary alicyclic amines) is 1. The second kappa shape index (κ2) is 7.22. The molecule has 120 valence electrons. The van der Waals surface area contributed by atoms with Crippen molar-refractivity contribution in [3.63, 3.8) is 0 Å². The van der Waals surface area contributed by atoms with E-state index in [0.717, 1.165) is 32.5 Å². The summed E-state index contributed by atoms with van der Waals surface area (Å²) in [4.78, 5) is 28.2. The number of hydrogen-bond acceptors (Lipinski definition) is 4. The van der Waals surface area contributed by atoms with Crippen LogP contribution in [0.25, 0.3) is 0 Å². The molecular weight excluding hydrogens is 302 g/mol. The lowest BCUT2D eigenvalue weighted by molar-refractivity contribution is 0.0628. The smallest absolute Gasteiger partial charge is 0.261 e. The van der Waals surface area contributed by atoms with E-state index in [2.05, 4.69) is 10.2 Å². The van der Waals surface area contributed by atoms with Crippen LogP contribution in [0.2, 0.25) is 0 Å². The summed E-state index contributed by atoms with van der Waals surface area (Å²) in [5, 5.41) is 3.30. The molecule has 0 bridgehead atoms. The first-order valence-corrected chi connectivity index (χ1v) is 7.55. The summed E-state index contributed by atoms with van der Waals surface area (Å²) in [6.07, 6.45) is 2.25. The molecule has 1 N–H and O–H groups in total. The Morgan fingerprint density at radius 2 is 1.59 bits per heavy atom. The standard InChI is InChI=1S/C16H21N3O2.ClH/c1-17-12-6-8-18(9-7-12)10-11-19-15(20)13-4-2-3-5-14(13)16(19)21;/h2-5,12,17H,6-11H2,1H3;1H. The van der Waals surface area contributed by atoms with Gasteiger partial charge in [0, 0.05) is 19.1 Å². The zero-order valence-electron chi connectivity index (χ0n) is 12.7. The summed E-state index contributed by atoms with van der Waals surface area (Å²) in [7, 11) is 2.00. The van der Waals surface area contributed by atoms with E-state index in [-0.39, 0.29) is 24.2 Å². The second-order valence-corrected chi connectivity index (χ2v) is 5.71. The molecule has 2 aliphatic heterocycles. The Balaban J connectivity index is 0.00000176. The monoisotopic (exact) mass is 323 g/mol. The topological polar surface area (TPSA) is 52.6 Å². The molecule has 5 nitrogen and oxygen atoms in total. The van der Waals surface area contributed by atoms with Gasteiger partial charge in [-0.05, 0) is 45.1 Å². The zero-order chi connectivity index (χ0) is 14.8. The van der Waals surface area contributed by atoms with Crippen molar-refractivity contribution in [1.82, 2.24) is 15.1 Å². The van der Waals surface area contributed by atoms with Gasteiger partial charge < -0.3 is 10.2 Å². The summed E-state index contributed by atoms with van der Waals surface area (Å²) in [6.45, 7) is 3.29. The van der Waals surface area contributed by atoms with Gasteiger partial charge in [-0.1, -0.05) is 12.1 Å². The van der Waals surface area contributed by atoms with E-state index in [0.29, 0.717) is 23.7 Å². The maximum atomic E-state index is 12.3. The van der Waals surface area contributed by atoms with Crippen molar-refractivity contribution in [3.8, 4) is 0 Å². The quantitative estimate of drug-likeness (QED) is 0.851. The summed E-state index contributed by atoms with van der Waals surface area (Å²) < 4.78 is 0. The fraction of sp³-hybridized carbons (Fsp3) is 0.500. The van der Waals surface area contributed by atoms with Gasteiger partial charge >= 0.3 is 0 Å². The van der Waals surface area contributed by atoms with Gasteiger partial charge in [-0.3, -0.25) is 14.5 Å². The molecule has 2 amide bonds. The van der Waals surface area contributed by atoms with Crippen LogP contribution in [0.3, 0.4) is 0 Å². The van der Waals surface area contributed by atoms with Crippen LogP contribution < -0.4 is 5.32 Å². The largest absolute Gasteiger partial charge is 0.317 e. The molecule has 1 aromatic rings. The van der Waals surface area contributed by atoms with Crippen LogP contribution in [0.4, 0.5) is 0 Å². The number of halogens is 1. The normalized spacial score (nSPS) is 19.2. The Labute approximate surface area is 137 Å². The number of piperidine rings is 1. The number of imide groups is 1. The minimum atomic E-state index is -0.152. The van der Waals surface area contributed by atoms with Crippen LogP contribution in [0.15, 0.2) is 24.3 Å². The molecule has 0 aliphatic carbocycles. The minimum absolute atomic E-state index is 0. The van der Waals surface area contributed by atoms with Gasteiger partial charge in [0.25, 0.3) is 11.8 Å². The number of fused-ring (bicyclic) bond motifs is 1. The van der Waals surface area contributed by atoms with E-state index >= 15 is 0 Å². The van der Waals surface area contributed by atoms with Crippen LogP contribution in [-0.4, -0.2) is 60.9 Å². The van der Waals surface area contributed by atoms with Gasteiger partial charge in [-0.25, -0.2) is 0 Å². The van der Waals surface area contributed by atoms with E-state index in [4.69, 9.17) is 0 Å². The maximum absolute atomic E-state index is 12.3. The third-order valence-electron chi connectivity index (χ3n) is 4.51. The van der Waals surface area contributed by atoms with Crippen LogP contribution in [0.1, 0.15) is 33.6 Å². The highest BCUT2D eigenvalue weighted by atomic mass is 35.5. The average Bonchev–Trinajstić information content (AvgIpc) is 2.78. The van der Waals surface area contributed by atoms with Crippen LogP contribution in [0.5, 0.6) is 0 Å². The van der Waals surface area contributed by atoms with Gasteiger partial charge in [-0.15, -0.1) is 12.4 Å². The van der Waals surface area contributed by atoms with E-state index in [9.17, 15) is 9.59 Å². The molecule has 1 aromatic carbocycles. The first-order valence-electron chi connectivity index (χ1n) is 7.55. The molecule has 0 aromatic heterocycles. The molecule has 0 radical (unpaired) electrons. The lowest BCUT2D eigenvalue weighted by Crippen LogP contribution is -2.45. The Bertz CT molecular complexity index is 521. The molecule has 0 unspecified atom stereocenters. The van der Waals surface area contributed by atoms with Crippen LogP contribution >= 0.6 is 12.4 Å². The summed E-state index contributed by atoms with van der Waals surface area (Å²) >= 11 is 0. The Morgan fingerprint density at radius 1 is 1.05 bits per heavy atom. The maximum Gasteiger partial charge on any atom is 0.261 e. The van der Waals surface area contributed by atoms with Crippen molar-refractivity contribution < 1.29 is 9.59 Å². The highest BCUT2D eigenvalue weighted by Crippen LogP contribution is 2.22. The Morgan fingerprint density at radius 3 is 2.09 bits per heavy atom. The molecule has 2 heterocycles. The number of amides is 2. The number of carbonyl (C=O) groups is 2. The number of rotatable bonds is 4. The lowest BCUT2D eigenvalue weighted by Gasteiger charge is -2.32. The fourth-order valence-corrected chi connectivity index (χ4v) is 3.13. The highest BCUT2D eigenvalue weighted by molar-refractivity contribution is 6.21. The number of benzene rings is 1. The molecule has 1 fully saturated rings. The summed E-state index contributed by atoms with van der Waals surface area (Å²) in [6, 6.07) is 7.66. The number of carbonyl (C=O) groups excluding carboxylic acids is 2. The molecule has 0 saturated carbocycles. The SMILES string of the molecule is CNC1CCN(CCN2C(=O)c3ccccc3C2=O)CC1.Cl. The number of hydrogen-bond donors (Lipinski definition) is 1. The average molecular weight is 324 g/mol. The van der Waals surface area contributed by atoms with Crippen molar-refractivity contribution in [2.24, 2.45) is 0 Å². The second-order valence-electron chi connectivity index (χ2n) is 5.71. The van der Waals surface area contributed by atoms with Crippen molar-refractivity contribution in [3.05, 3.63) is 35.4 Å². The predicted molar refractivity (Wildman–Crippen MR) is 87.6 cm³/mol. The molecule has 22 heavy (non-hydrogen) atoms. The molecule has 2 aliphatic rings. The van der Waals surface area contributed by atoms with Gasteiger partial charge in [0.15, 0.2) is 0 Å². The van der Waals surface area contributed by atoms with Crippen molar-refractivity contribution in [1.29, 1.82) is 0 Å². The minimum Gasteiger partial charge on any atom is -0.317 e. The van der Waals surface area contributed by atoms with E-state index in [1.54, 1.807) is 24.3 Å². The highest BCUT2D eigenvalue weighted by Gasteiger charge is 2.35. The predicted octanol–water partition coefficient (Wildman–Crippen LogP) is 1.39. The van der Waals surface area contributed by atoms with Crippen molar-refractivity contribution in [2.45, 2.75) is 18.9 Å². The molecule has 0 spiro atoms. The molecule has 3 rings (SSSR count). The van der Waals surface area contributed by atoms with Crippen molar-refractivity contribution in [2.75, 3.05) is 33.2 Å². The molecule has 1 saturated heterocycles. The molecule has 0 atom stereocenters. The Hall–Kier alpha value is -1.43. The molecular formula is C16H22ClN3O2. The Kier molecular flexibility index (Phi) is 5.56. The third-order valence-corrected chi connectivity index (χ3v) is 4.51. The first kappa shape index (κ1) is 16.9. The zero-order valence-corrected chi connectivity index (χ0v) is 13.6. The number of nitrogens with one attached hydrogen (secondary N) is 1. The van der Waals surface area contributed by atoms with Gasteiger partial charge in [0.05, 0.1) is 11.1 Å². The van der Waals surface area contributed by atoms with Gasteiger partial charge in [-0.2, -0.15) is 0 Å². The van der Waals surface area contributed by atoms with E-state index < -0.39 is 0 Å². The first-order chi connectivity index (χ1) is 10.2. The summed E-state index contributed by atoms with van der Waals surface area (Å²) in [5.41, 5.74) is 1.08. The summed E-state index contributed by atoms with van der Waals surface area (Å²) in [5.74, 6) is -0.304. The van der Waals surface area contributed by atoms with Crippen molar-refractivity contribution >= 4 is 24.2 Å².